The number of carbonyl (C=O) groups excluding carboxylic acids is 2. The predicted octanol–water partition coefficient (Wildman–Crippen LogP) is 4.37. The molecule has 0 aromatic heterocycles. The maximum absolute atomic E-state index is 13.2. The summed E-state index contributed by atoms with van der Waals surface area (Å²) >= 11 is 0. The molecule has 3 amide bonds. The maximum atomic E-state index is 13.2. The van der Waals surface area contributed by atoms with Crippen LogP contribution >= 0.6 is 0 Å². The van der Waals surface area contributed by atoms with E-state index in [1.54, 1.807) is 0 Å². The third-order valence-electron chi connectivity index (χ3n) is 5.76. The fourth-order valence-electron chi connectivity index (χ4n) is 3.86. The summed E-state index contributed by atoms with van der Waals surface area (Å²) in [7, 11) is 1.45. The number of likely N-dealkylation sites (N-methyl/N-ethyl adjacent to an activating group) is 1. The SMILES string of the molecule is CC(C)CNCc1ccc(CN/C(Nc2ccccc2)=C2\C(=N)N(CC(C)C)C(=O)N(C)C2=O)cc1. The van der Waals surface area contributed by atoms with E-state index in [1.807, 2.05) is 44.2 Å². The average Bonchev–Trinajstić information content (AvgIpc) is 2.85. The van der Waals surface area contributed by atoms with Crippen LogP contribution in [0.5, 0.6) is 0 Å². The molecule has 0 spiro atoms. The van der Waals surface area contributed by atoms with E-state index in [-0.39, 0.29) is 17.3 Å². The van der Waals surface area contributed by atoms with Crippen molar-refractivity contribution in [3.8, 4) is 0 Å². The van der Waals surface area contributed by atoms with Crippen molar-refractivity contribution < 1.29 is 9.59 Å². The first-order chi connectivity index (χ1) is 17.2. The second kappa shape index (κ2) is 12.4. The highest BCUT2D eigenvalue weighted by Gasteiger charge is 2.40. The van der Waals surface area contributed by atoms with Gasteiger partial charge >= 0.3 is 6.03 Å². The van der Waals surface area contributed by atoms with E-state index in [9.17, 15) is 9.59 Å². The first-order valence-corrected chi connectivity index (χ1v) is 12.4. The van der Waals surface area contributed by atoms with Gasteiger partial charge in [-0.2, -0.15) is 0 Å². The highest BCUT2D eigenvalue weighted by Crippen LogP contribution is 2.22. The van der Waals surface area contributed by atoms with E-state index in [0.29, 0.717) is 24.8 Å². The standard InChI is InChI=1S/C28H38N6O2/c1-19(2)15-30-16-21-11-13-22(14-12-21)17-31-26(32-23-9-7-6-8-10-23)24-25(29)34(18-20(3)4)28(36)33(5)27(24)35/h6-14,19-20,29-32H,15-18H2,1-5H3/b26-24-,29-25?. The van der Waals surface area contributed by atoms with Gasteiger partial charge < -0.3 is 16.0 Å². The van der Waals surface area contributed by atoms with Gasteiger partial charge in [0, 0.05) is 32.4 Å². The molecule has 0 bridgehead atoms. The molecule has 8 heteroatoms. The zero-order valence-corrected chi connectivity index (χ0v) is 21.9. The number of hydrogen-bond donors (Lipinski definition) is 4. The van der Waals surface area contributed by atoms with Crippen LogP contribution in [0.4, 0.5) is 10.5 Å². The normalized spacial score (nSPS) is 15.7. The van der Waals surface area contributed by atoms with E-state index in [0.717, 1.165) is 29.2 Å². The first-order valence-electron chi connectivity index (χ1n) is 12.4. The molecule has 1 aliphatic heterocycles. The summed E-state index contributed by atoms with van der Waals surface area (Å²) in [5.41, 5.74) is 3.15. The van der Waals surface area contributed by atoms with Crippen LogP contribution in [0.1, 0.15) is 38.8 Å². The molecule has 2 aromatic rings. The number of imide groups is 1. The lowest BCUT2D eigenvalue weighted by Gasteiger charge is -2.35. The van der Waals surface area contributed by atoms with Gasteiger partial charge in [-0.25, -0.2) is 4.79 Å². The Balaban J connectivity index is 1.86. The van der Waals surface area contributed by atoms with Crippen LogP contribution < -0.4 is 16.0 Å². The molecule has 0 saturated carbocycles. The zero-order chi connectivity index (χ0) is 26.2. The van der Waals surface area contributed by atoms with Gasteiger partial charge in [-0.3, -0.25) is 20.0 Å². The van der Waals surface area contributed by atoms with Crippen molar-refractivity contribution in [2.45, 2.75) is 40.8 Å². The predicted molar refractivity (Wildman–Crippen MR) is 144 cm³/mol. The van der Waals surface area contributed by atoms with Gasteiger partial charge in [0.15, 0.2) is 0 Å². The minimum absolute atomic E-state index is 0.102. The molecule has 0 unspecified atom stereocenters. The molecule has 1 fully saturated rings. The molecule has 8 nitrogen and oxygen atoms in total. The van der Waals surface area contributed by atoms with Gasteiger partial charge in [0.2, 0.25) is 0 Å². The lowest BCUT2D eigenvalue weighted by atomic mass is 10.1. The number of nitrogens with zero attached hydrogens (tertiary/aromatic N) is 2. The van der Waals surface area contributed by atoms with Crippen molar-refractivity contribution in [1.29, 1.82) is 5.41 Å². The van der Waals surface area contributed by atoms with Gasteiger partial charge in [0.25, 0.3) is 5.91 Å². The van der Waals surface area contributed by atoms with Crippen molar-refractivity contribution >= 4 is 23.5 Å². The number of urea groups is 1. The summed E-state index contributed by atoms with van der Waals surface area (Å²) in [4.78, 5) is 28.4. The highest BCUT2D eigenvalue weighted by molar-refractivity contribution is 6.30. The molecule has 4 N–H and O–H groups in total. The Bertz CT molecular complexity index is 1090. The molecule has 2 aromatic carbocycles. The fraction of sp³-hybridized carbons (Fsp3) is 0.393. The molecule has 0 aliphatic carbocycles. The van der Waals surface area contributed by atoms with Gasteiger partial charge in [-0.05, 0) is 41.6 Å². The molecule has 1 heterocycles. The third kappa shape index (κ3) is 6.95. The van der Waals surface area contributed by atoms with Crippen LogP contribution in [0.25, 0.3) is 0 Å². The summed E-state index contributed by atoms with van der Waals surface area (Å²) in [6.45, 7) is 10.9. The Morgan fingerprint density at radius 1 is 0.889 bits per heavy atom. The molecule has 0 radical (unpaired) electrons. The smallest absolute Gasteiger partial charge is 0.332 e. The number of nitrogens with one attached hydrogen (secondary N) is 4. The first kappa shape index (κ1) is 26.9. The monoisotopic (exact) mass is 490 g/mol. The van der Waals surface area contributed by atoms with Gasteiger partial charge in [-0.1, -0.05) is 70.2 Å². The van der Waals surface area contributed by atoms with E-state index < -0.39 is 11.9 Å². The number of anilines is 1. The molecule has 0 atom stereocenters. The van der Waals surface area contributed by atoms with Crippen LogP contribution in [0, 0.1) is 17.2 Å². The Hall–Kier alpha value is -3.65. The number of carbonyl (C=O) groups is 2. The summed E-state index contributed by atoms with van der Waals surface area (Å²) in [5.74, 6) is 0.525. The number of amidine groups is 1. The lowest BCUT2D eigenvalue weighted by Crippen LogP contribution is -2.56. The number of benzene rings is 2. The van der Waals surface area contributed by atoms with Gasteiger partial charge in [0.1, 0.15) is 17.2 Å². The second-order valence-electron chi connectivity index (χ2n) is 9.94. The number of hydrogen-bond acceptors (Lipinski definition) is 6. The average molecular weight is 491 g/mol. The van der Waals surface area contributed by atoms with E-state index in [1.165, 1.54) is 17.5 Å². The molecule has 1 aliphatic rings. The molecule has 3 rings (SSSR count). The van der Waals surface area contributed by atoms with Crippen LogP contribution in [0.3, 0.4) is 0 Å². The summed E-state index contributed by atoms with van der Waals surface area (Å²) in [5, 5.41) is 18.8. The molecular weight excluding hydrogens is 452 g/mol. The van der Waals surface area contributed by atoms with Crippen LogP contribution in [-0.2, 0) is 17.9 Å². The maximum Gasteiger partial charge on any atom is 0.332 e. The minimum atomic E-state index is -0.512. The topological polar surface area (TPSA) is 101 Å². The Labute approximate surface area is 214 Å². The van der Waals surface area contributed by atoms with Crippen LogP contribution in [0.2, 0.25) is 0 Å². The third-order valence-corrected chi connectivity index (χ3v) is 5.76. The van der Waals surface area contributed by atoms with Crippen molar-refractivity contribution in [3.05, 3.63) is 77.1 Å². The summed E-state index contributed by atoms with van der Waals surface area (Å²) < 4.78 is 0. The zero-order valence-electron chi connectivity index (χ0n) is 21.9. The van der Waals surface area contributed by atoms with Crippen LogP contribution in [-0.4, -0.2) is 47.7 Å². The Morgan fingerprint density at radius 3 is 2.08 bits per heavy atom. The van der Waals surface area contributed by atoms with Crippen LogP contribution in [0.15, 0.2) is 66.0 Å². The lowest BCUT2D eigenvalue weighted by molar-refractivity contribution is -0.123. The van der Waals surface area contributed by atoms with E-state index >= 15 is 0 Å². The number of rotatable bonds is 11. The Kier molecular flexibility index (Phi) is 9.25. The highest BCUT2D eigenvalue weighted by atomic mass is 16.2. The second-order valence-corrected chi connectivity index (χ2v) is 9.94. The quantitative estimate of drug-likeness (QED) is 0.351. The number of amides is 3. The molecule has 192 valence electrons. The van der Waals surface area contributed by atoms with Crippen molar-refractivity contribution in [3.63, 3.8) is 0 Å². The number of para-hydroxylation sites is 1. The van der Waals surface area contributed by atoms with Gasteiger partial charge in [-0.15, -0.1) is 0 Å². The van der Waals surface area contributed by atoms with Crippen molar-refractivity contribution in [2.75, 3.05) is 25.5 Å². The molecular formula is C28H38N6O2. The Morgan fingerprint density at radius 2 is 1.50 bits per heavy atom. The van der Waals surface area contributed by atoms with Crippen molar-refractivity contribution in [2.24, 2.45) is 11.8 Å². The molecule has 1 saturated heterocycles. The van der Waals surface area contributed by atoms with Crippen molar-refractivity contribution in [1.82, 2.24) is 20.4 Å². The minimum Gasteiger partial charge on any atom is -0.367 e. The largest absolute Gasteiger partial charge is 0.367 e. The van der Waals surface area contributed by atoms with Gasteiger partial charge in [0.05, 0.1) is 0 Å². The van der Waals surface area contributed by atoms with E-state index in [4.69, 9.17) is 5.41 Å². The summed E-state index contributed by atoms with van der Waals surface area (Å²) in [6, 6.07) is 17.3. The summed E-state index contributed by atoms with van der Waals surface area (Å²) in [6.07, 6.45) is 0. The fourth-order valence-corrected chi connectivity index (χ4v) is 3.86. The van der Waals surface area contributed by atoms with E-state index in [2.05, 4.69) is 54.1 Å². The molecule has 36 heavy (non-hydrogen) atoms.